The first-order valence-corrected chi connectivity index (χ1v) is 6.51. The molecule has 2 N–H and O–H groups in total. The number of nitrogens with one attached hydrogen (secondary N) is 1. The molecule has 0 spiro atoms. The normalized spacial score (nSPS) is 13.2. The van der Waals surface area contributed by atoms with E-state index in [2.05, 4.69) is 0 Å². The summed E-state index contributed by atoms with van der Waals surface area (Å²) in [5.74, 6) is -0.900. The zero-order chi connectivity index (χ0) is 14.9. The monoisotopic (exact) mass is 335 g/mol. The Labute approximate surface area is 128 Å². The van der Waals surface area contributed by atoms with Gasteiger partial charge in [-0.1, -0.05) is 53.0 Å². The van der Waals surface area contributed by atoms with Crippen molar-refractivity contribution in [2.45, 2.75) is 10.0 Å². The summed E-state index contributed by atoms with van der Waals surface area (Å²) in [6, 6.07) is 8.01. The molecule has 1 aromatic heterocycles. The maximum absolute atomic E-state index is 11.9. The highest BCUT2D eigenvalue weighted by molar-refractivity contribution is 6.68. The second-order valence-electron chi connectivity index (χ2n) is 3.90. The molecule has 2 aromatic rings. The summed E-state index contributed by atoms with van der Waals surface area (Å²) in [5.41, 5.74) is -0.800. The molecule has 0 fully saturated rings. The van der Waals surface area contributed by atoms with E-state index < -0.39 is 21.6 Å². The topological polar surface area (TPSA) is 79.5 Å². The van der Waals surface area contributed by atoms with Gasteiger partial charge in [-0.2, -0.15) is 0 Å². The van der Waals surface area contributed by atoms with Gasteiger partial charge >= 0.3 is 5.63 Å². The Morgan fingerprint density at radius 3 is 2.60 bits per heavy atom. The predicted molar refractivity (Wildman–Crippen MR) is 76.2 cm³/mol. The number of rotatable bonds is 2. The quantitative estimate of drug-likeness (QED) is 0.501. The van der Waals surface area contributed by atoms with Crippen LogP contribution >= 0.6 is 34.8 Å². The van der Waals surface area contributed by atoms with Crippen molar-refractivity contribution >= 4 is 51.7 Å². The van der Waals surface area contributed by atoms with Crippen LogP contribution in [0.15, 0.2) is 39.5 Å². The molecule has 1 atom stereocenters. The van der Waals surface area contributed by atoms with E-state index in [-0.39, 0.29) is 5.56 Å². The third-order valence-corrected chi connectivity index (χ3v) is 3.08. The highest BCUT2D eigenvalue weighted by Gasteiger charge is 2.32. The lowest BCUT2D eigenvalue weighted by atomic mass is 10.2. The van der Waals surface area contributed by atoms with Gasteiger partial charge < -0.3 is 14.8 Å². The van der Waals surface area contributed by atoms with Crippen LogP contribution in [0.2, 0.25) is 0 Å². The second kappa shape index (κ2) is 5.61. The van der Waals surface area contributed by atoms with Gasteiger partial charge in [-0.05, 0) is 12.1 Å². The van der Waals surface area contributed by atoms with E-state index >= 15 is 0 Å². The van der Waals surface area contributed by atoms with Crippen LogP contribution in [0.5, 0.6) is 0 Å². The van der Waals surface area contributed by atoms with Gasteiger partial charge in [0.25, 0.3) is 5.91 Å². The first kappa shape index (κ1) is 15.1. The third-order valence-electron chi connectivity index (χ3n) is 2.46. The van der Waals surface area contributed by atoms with Gasteiger partial charge in [0.2, 0.25) is 3.79 Å². The van der Waals surface area contributed by atoms with E-state index in [4.69, 9.17) is 39.2 Å². The molecule has 1 amide bonds. The molecule has 2 rings (SSSR count). The molecule has 0 aliphatic carbocycles. The van der Waals surface area contributed by atoms with Crippen molar-refractivity contribution in [1.82, 2.24) is 5.32 Å². The van der Waals surface area contributed by atoms with Crippen molar-refractivity contribution in [2.24, 2.45) is 0 Å². The van der Waals surface area contributed by atoms with Crippen LogP contribution in [0.25, 0.3) is 11.0 Å². The first-order valence-electron chi connectivity index (χ1n) is 5.37. The maximum Gasteiger partial charge on any atom is 0.349 e. The first-order chi connectivity index (χ1) is 9.29. The molecule has 106 valence electrons. The van der Waals surface area contributed by atoms with E-state index in [1.54, 1.807) is 24.3 Å². The molecular weight excluding hydrogens is 328 g/mol. The van der Waals surface area contributed by atoms with Crippen LogP contribution in [-0.2, 0) is 0 Å². The minimum absolute atomic E-state index is 0.294. The van der Waals surface area contributed by atoms with Crippen molar-refractivity contribution in [3.8, 4) is 0 Å². The molecule has 0 saturated heterocycles. The number of carbonyl (C=O) groups excluding carboxylic acids is 1. The summed E-state index contributed by atoms with van der Waals surface area (Å²) in [6.07, 6.45) is -1.76. The van der Waals surface area contributed by atoms with E-state index in [0.717, 1.165) is 0 Å². The number of aliphatic hydroxyl groups is 1. The van der Waals surface area contributed by atoms with Gasteiger partial charge in [0, 0.05) is 5.39 Å². The Balaban J connectivity index is 2.35. The standard InChI is InChI=1S/C12H8Cl3NO4/c13-12(14,15)11(19)16-9(17)7-5-6-3-1-2-4-8(6)20-10(7)18/h1-5,11,19H,(H,16,17). The number of halogens is 3. The SMILES string of the molecule is O=C(NC(O)C(Cl)(Cl)Cl)c1cc2ccccc2oc1=O. The minimum Gasteiger partial charge on any atom is -0.422 e. The second-order valence-corrected chi connectivity index (χ2v) is 6.27. The van der Waals surface area contributed by atoms with Gasteiger partial charge in [0.15, 0.2) is 6.23 Å². The van der Waals surface area contributed by atoms with Crippen LogP contribution in [0.4, 0.5) is 0 Å². The summed E-state index contributed by atoms with van der Waals surface area (Å²) in [4.78, 5) is 23.6. The summed E-state index contributed by atoms with van der Waals surface area (Å²) in [5, 5.41) is 12.0. The lowest BCUT2D eigenvalue weighted by Gasteiger charge is -2.19. The summed E-state index contributed by atoms with van der Waals surface area (Å²) in [6.45, 7) is 0. The highest BCUT2D eigenvalue weighted by Crippen LogP contribution is 2.29. The van der Waals surface area contributed by atoms with Gasteiger partial charge in [-0.3, -0.25) is 4.79 Å². The predicted octanol–water partition coefficient (Wildman–Crippen LogP) is 2.21. The molecule has 1 heterocycles. The van der Waals surface area contributed by atoms with Gasteiger partial charge in [0.05, 0.1) is 0 Å². The fourth-order valence-corrected chi connectivity index (χ4v) is 1.67. The number of fused-ring (bicyclic) bond motifs is 1. The number of para-hydroxylation sites is 1. The van der Waals surface area contributed by atoms with E-state index in [9.17, 15) is 14.7 Å². The molecule has 20 heavy (non-hydrogen) atoms. The Morgan fingerprint density at radius 1 is 1.30 bits per heavy atom. The van der Waals surface area contributed by atoms with Crippen LogP contribution in [-0.4, -0.2) is 21.0 Å². The molecule has 0 saturated carbocycles. The van der Waals surface area contributed by atoms with E-state index in [1.807, 2.05) is 5.32 Å². The number of hydrogen-bond donors (Lipinski definition) is 2. The van der Waals surface area contributed by atoms with Crippen LogP contribution < -0.4 is 10.9 Å². The average molecular weight is 337 g/mol. The Kier molecular flexibility index (Phi) is 4.25. The number of aliphatic hydroxyl groups excluding tert-OH is 1. The van der Waals surface area contributed by atoms with E-state index in [1.165, 1.54) is 6.07 Å². The molecule has 1 aromatic carbocycles. The smallest absolute Gasteiger partial charge is 0.349 e. The molecule has 1 unspecified atom stereocenters. The molecule has 8 heteroatoms. The number of carbonyl (C=O) groups is 1. The van der Waals surface area contributed by atoms with Gasteiger partial charge in [-0.25, -0.2) is 4.79 Å². The van der Waals surface area contributed by atoms with E-state index in [0.29, 0.717) is 11.0 Å². The summed E-state index contributed by atoms with van der Waals surface area (Å²) < 4.78 is 2.88. The van der Waals surface area contributed by atoms with Crippen molar-refractivity contribution in [3.63, 3.8) is 0 Å². The van der Waals surface area contributed by atoms with Crippen molar-refractivity contribution < 1.29 is 14.3 Å². The molecule has 0 radical (unpaired) electrons. The summed E-state index contributed by atoms with van der Waals surface area (Å²) >= 11 is 16.2. The molecular formula is C12H8Cl3NO4. The fraction of sp³-hybridized carbons (Fsp3) is 0.167. The van der Waals surface area contributed by atoms with Crippen LogP contribution in [0.3, 0.4) is 0 Å². The number of hydrogen-bond acceptors (Lipinski definition) is 4. The number of amides is 1. The lowest BCUT2D eigenvalue weighted by molar-refractivity contribution is 0.0788. The Bertz CT molecular complexity index is 708. The number of alkyl halides is 3. The van der Waals surface area contributed by atoms with Crippen LogP contribution in [0, 0.1) is 0 Å². The molecule has 0 aliphatic heterocycles. The highest BCUT2D eigenvalue weighted by atomic mass is 35.6. The third kappa shape index (κ3) is 3.24. The maximum atomic E-state index is 11.9. The molecule has 0 bridgehead atoms. The summed E-state index contributed by atoms with van der Waals surface area (Å²) in [7, 11) is 0. The lowest BCUT2D eigenvalue weighted by Crippen LogP contribution is -2.44. The Morgan fingerprint density at radius 2 is 1.95 bits per heavy atom. The van der Waals surface area contributed by atoms with Crippen molar-refractivity contribution in [2.75, 3.05) is 0 Å². The average Bonchev–Trinajstić information content (AvgIpc) is 2.36. The van der Waals surface area contributed by atoms with Gasteiger partial charge in [-0.15, -0.1) is 0 Å². The number of benzene rings is 1. The Hall–Kier alpha value is -1.27. The van der Waals surface area contributed by atoms with Crippen molar-refractivity contribution in [3.05, 3.63) is 46.3 Å². The van der Waals surface area contributed by atoms with Crippen molar-refractivity contribution in [1.29, 1.82) is 0 Å². The minimum atomic E-state index is -2.10. The van der Waals surface area contributed by atoms with Crippen LogP contribution in [0.1, 0.15) is 10.4 Å². The van der Waals surface area contributed by atoms with Gasteiger partial charge in [0.1, 0.15) is 11.1 Å². The largest absolute Gasteiger partial charge is 0.422 e. The zero-order valence-electron chi connectivity index (χ0n) is 9.77. The zero-order valence-corrected chi connectivity index (χ0v) is 12.0. The fourth-order valence-electron chi connectivity index (χ4n) is 1.50. The molecule has 5 nitrogen and oxygen atoms in total. The molecule has 0 aliphatic rings.